The highest BCUT2D eigenvalue weighted by molar-refractivity contribution is 6.41. The summed E-state index contributed by atoms with van der Waals surface area (Å²) in [6.07, 6.45) is -1.02. The van der Waals surface area contributed by atoms with Gasteiger partial charge in [-0.05, 0) is 12.1 Å². The molecule has 0 aromatic heterocycles. The Morgan fingerprint density at radius 3 is 2.17 bits per heavy atom. The molecule has 0 spiro atoms. The summed E-state index contributed by atoms with van der Waals surface area (Å²) in [4.78, 5) is 59.1. The molecule has 10 nitrogen and oxygen atoms in total. The van der Waals surface area contributed by atoms with E-state index in [1.165, 1.54) is 18.2 Å². The van der Waals surface area contributed by atoms with Crippen molar-refractivity contribution in [3.05, 3.63) is 58.6 Å². The number of nitrogens with one attached hydrogen (secondary N) is 3. The summed E-state index contributed by atoms with van der Waals surface area (Å²) in [7, 11) is 0. The zero-order valence-corrected chi connectivity index (χ0v) is 18.6. The topological polar surface area (TPSA) is 151 Å². The van der Waals surface area contributed by atoms with Gasteiger partial charge >= 0.3 is 17.8 Å². The van der Waals surface area contributed by atoms with Crippen molar-refractivity contribution < 1.29 is 51.4 Å². The summed E-state index contributed by atoms with van der Waals surface area (Å²) in [5, 5.41) is 15.1. The molecule has 0 heterocycles. The molecular weight excluding hydrogens is 518 g/mol. The number of carboxylic acid groups (broad SMARTS) is 1. The number of anilines is 1. The van der Waals surface area contributed by atoms with E-state index in [2.05, 4.69) is 10.1 Å². The monoisotopic (exact) mass is 533 g/mol. The van der Waals surface area contributed by atoms with Crippen LogP contribution in [0.25, 0.3) is 0 Å². The molecule has 1 atom stereocenters. The number of ketones is 1. The van der Waals surface area contributed by atoms with Crippen LogP contribution in [0.3, 0.4) is 0 Å². The van der Waals surface area contributed by atoms with Gasteiger partial charge in [0.15, 0.2) is 23.2 Å². The van der Waals surface area contributed by atoms with Gasteiger partial charge in [0.2, 0.25) is 17.5 Å². The van der Waals surface area contributed by atoms with E-state index < -0.39 is 84.1 Å². The molecule has 0 fully saturated rings. The summed E-state index contributed by atoms with van der Waals surface area (Å²) in [5.41, 5.74) is 0.113. The number of ether oxygens (including phenoxy) is 1. The van der Waals surface area contributed by atoms with E-state index in [0.29, 0.717) is 0 Å². The molecule has 192 valence electrons. The van der Waals surface area contributed by atoms with E-state index in [-0.39, 0.29) is 16.8 Å². The Hall–Kier alpha value is -4.20. The number of carbonyl (C=O) groups excluding carboxylic acids is 4. The minimum Gasteiger partial charge on any atom is -0.481 e. The molecule has 36 heavy (non-hydrogen) atoms. The van der Waals surface area contributed by atoms with Crippen LogP contribution < -0.4 is 20.7 Å². The summed E-state index contributed by atoms with van der Waals surface area (Å²) in [6, 6.07) is 4.04. The van der Waals surface area contributed by atoms with E-state index in [4.69, 9.17) is 16.7 Å². The first-order chi connectivity index (χ1) is 16.9. The van der Waals surface area contributed by atoms with Crippen LogP contribution in [0.2, 0.25) is 5.02 Å². The number of carbonyl (C=O) groups is 5. The van der Waals surface area contributed by atoms with Gasteiger partial charge in [0, 0.05) is 6.07 Å². The molecule has 0 aliphatic rings. The van der Waals surface area contributed by atoms with Crippen molar-refractivity contribution in [1.82, 2.24) is 10.6 Å². The van der Waals surface area contributed by atoms with Crippen LogP contribution in [0.4, 0.5) is 23.2 Å². The Balaban J connectivity index is 1.96. The van der Waals surface area contributed by atoms with Gasteiger partial charge in [-0.3, -0.25) is 24.0 Å². The molecule has 0 aliphatic heterocycles. The van der Waals surface area contributed by atoms with Crippen molar-refractivity contribution in [3.63, 3.8) is 0 Å². The van der Waals surface area contributed by atoms with Crippen LogP contribution in [0.15, 0.2) is 30.3 Å². The van der Waals surface area contributed by atoms with Gasteiger partial charge < -0.3 is 25.8 Å². The van der Waals surface area contributed by atoms with Gasteiger partial charge in [0.1, 0.15) is 12.6 Å². The van der Waals surface area contributed by atoms with E-state index in [0.717, 1.165) is 0 Å². The van der Waals surface area contributed by atoms with E-state index >= 15 is 0 Å². The number of hydrogen-bond acceptors (Lipinski definition) is 6. The van der Waals surface area contributed by atoms with Crippen molar-refractivity contribution in [2.45, 2.75) is 12.5 Å². The number of aliphatic carboxylic acids is 1. The quantitative estimate of drug-likeness (QED) is 0.205. The van der Waals surface area contributed by atoms with E-state index in [1.807, 2.05) is 10.6 Å². The highest BCUT2D eigenvalue weighted by Crippen LogP contribution is 2.26. The summed E-state index contributed by atoms with van der Waals surface area (Å²) < 4.78 is 58.3. The van der Waals surface area contributed by atoms with Crippen molar-refractivity contribution >= 4 is 46.8 Å². The maximum absolute atomic E-state index is 13.7. The van der Waals surface area contributed by atoms with Crippen molar-refractivity contribution in [1.29, 1.82) is 0 Å². The van der Waals surface area contributed by atoms with Gasteiger partial charge in [-0.15, -0.1) is 0 Å². The third-order valence-electron chi connectivity index (χ3n) is 4.27. The van der Waals surface area contributed by atoms with Crippen LogP contribution >= 0.6 is 11.6 Å². The fourth-order valence-corrected chi connectivity index (χ4v) is 2.75. The standard InChI is InChI=1S/C21H16ClF4N3O7/c22-9-3-1-2-4-12(9)29-21(35)20(34)27-7-15(31)28-13(6-16(32)33)14(30)8-36-19-17(25)10(23)5-11(24)18(19)26/h1-5,13H,6-8H2,(H,27,34)(H,28,31)(H,29,35)(H,32,33). The highest BCUT2D eigenvalue weighted by atomic mass is 35.5. The first kappa shape index (κ1) is 28.0. The number of para-hydroxylation sites is 1. The number of rotatable bonds is 10. The van der Waals surface area contributed by atoms with Crippen molar-refractivity contribution in [2.24, 2.45) is 0 Å². The lowest BCUT2D eigenvalue weighted by atomic mass is 10.1. The van der Waals surface area contributed by atoms with E-state index in [1.54, 1.807) is 6.07 Å². The second kappa shape index (κ2) is 12.5. The largest absolute Gasteiger partial charge is 0.481 e. The average molecular weight is 534 g/mol. The summed E-state index contributed by atoms with van der Waals surface area (Å²) >= 11 is 5.85. The molecule has 1 unspecified atom stereocenters. The highest BCUT2D eigenvalue weighted by Gasteiger charge is 2.27. The van der Waals surface area contributed by atoms with Crippen LogP contribution in [0, 0.1) is 23.3 Å². The van der Waals surface area contributed by atoms with Gasteiger partial charge in [-0.2, -0.15) is 8.78 Å². The number of Topliss-reactive ketones (excluding diaryl/α,β-unsaturated/α-hetero) is 1. The van der Waals surface area contributed by atoms with Gasteiger partial charge in [0.05, 0.1) is 23.7 Å². The van der Waals surface area contributed by atoms with Crippen molar-refractivity contribution in [2.75, 3.05) is 18.5 Å². The molecular formula is C21H16ClF4N3O7. The normalized spacial score (nSPS) is 11.2. The molecule has 0 saturated heterocycles. The number of carboxylic acids is 1. The zero-order chi connectivity index (χ0) is 27.0. The molecule has 3 amide bonds. The predicted molar refractivity (Wildman–Crippen MR) is 114 cm³/mol. The van der Waals surface area contributed by atoms with Crippen LogP contribution in [-0.2, 0) is 24.0 Å². The molecule has 0 radical (unpaired) electrons. The lowest BCUT2D eigenvalue weighted by molar-refractivity contribution is -0.140. The third kappa shape index (κ3) is 7.66. The Morgan fingerprint density at radius 2 is 1.58 bits per heavy atom. The summed E-state index contributed by atoms with van der Waals surface area (Å²) in [5.74, 6) is -15.4. The van der Waals surface area contributed by atoms with Crippen LogP contribution in [0.1, 0.15) is 6.42 Å². The van der Waals surface area contributed by atoms with Crippen LogP contribution in [0.5, 0.6) is 5.75 Å². The molecule has 0 bridgehead atoms. The fraction of sp³-hybridized carbons (Fsp3) is 0.190. The minimum atomic E-state index is -1.93. The maximum Gasteiger partial charge on any atom is 0.313 e. The Kier molecular flexibility index (Phi) is 9.73. The Morgan fingerprint density at radius 1 is 0.972 bits per heavy atom. The molecule has 0 aliphatic carbocycles. The Bertz CT molecular complexity index is 1190. The molecule has 2 rings (SSSR count). The molecule has 2 aromatic carbocycles. The average Bonchev–Trinajstić information content (AvgIpc) is 2.81. The third-order valence-corrected chi connectivity index (χ3v) is 4.60. The van der Waals surface area contributed by atoms with Gasteiger partial charge in [-0.25, -0.2) is 8.78 Å². The Labute approximate surface area is 204 Å². The smallest absolute Gasteiger partial charge is 0.313 e. The minimum absolute atomic E-state index is 0.0875. The van der Waals surface area contributed by atoms with Gasteiger partial charge in [-0.1, -0.05) is 23.7 Å². The first-order valence-electron chi connectivity index (χ1n) is 9.74. The molecule has 0 saturated carbocycles. The predicted octanol–water partition coefficient (Wildman–Crippen LogP) is 1.56. The molecule has 2 aromatic rings. The van der Waals surface area contributed by atoms with Crippen LogP contribution in [-0.4, -0.2) is 53.8 Å². The molecule has 4 N–H and O–H groups in total. The van der Waals surface area contributed by atoms with Gasteiger partial charge in [0.25, 0.3) is 0 Å². The lowest BCUT2D eigenvalue weighted by Crippen LogP contribution is -2.49. The number of amides is 3. The van der Waals surface area contributed by atoms with Crippen molar-refractivity contribution in [3.8, 4) is 5.75 Å². The zero-order valence-electron chi connectivity index (χ0n) is 17.9. The lowest BCUT2D eigenvalue weighted by Gasteiger charge is -2.17. The second-order valence-electron chi connectivity index (χ2n) is 6.89. The number of benzene rings is 2. The fourth-order valence-electron chi connectivity index (χ4n) is 2.57. The second-order valence-corrected chi connectivity index (χ2v) is 7.29. The molecule has 15 heteroatoms. The SMILES string of the molecule is O=C(O)CC(NC(=O)CNC(=O)C(=O)Nc1ccccc1Cl)C(=O)COc1c(F)c(F)cc(F)c1F. The number of halogens is 5. The number of hydrogen-bond donors (Lipinski definition) is 4. The maximum atomic E-state index is 13.7. The first-order valence-corrected chi connectivity index (χ1v) is 10.1. The summed E-state index contributed by atoms with van der Waals surface area (Å²) in [6.45, 7) is -2.15. The van der Waals surface area contributed by atoms with E-state index in [9.17, 15) is 41.5 Å².